The zero-order chi connectivity index (χ0) is 19.9. The molecule has 0 aliphatic carbocycles. The molecule has 3 rings (SSSR count). The molecule has 0 saturated carbocycles. The average Bonchev–Trinajstić information content (AvgIpc) is 2.71. The van der Waals surface area contributed by atoms with Crippen LogP contribution < -0.4 is 15.4 Å². The summed E-state index contributed by atoms with van der Waals surface area (Å²) in [7, 11) is 1.67. The summed E-state index contributed by atoms with van der Waals surface area (Å²) in [5, 5.41) is 14.2. The Bertz CT molecular complexity index is 955. The van der Waals surface area contributed by atoms with Gasteiger partial charge in [-0.2, -0.15) is 0 Å². The monoisotopic (exact) mass is 376 g/mol. The lowest BCUT2D eigenvalue weighted by Gasteiger charge is -2.10. The van der Waals surface area contributed by atoms with E-state index in [0.717, 1.165) is 28.9 Å². The van der Waals surface area contributed by atoms with Gasteiger partial charge in [-0.1, -0.05) is 24.3 Å². The van der Waals surface area contributed by atoms with Crippen LogP contribution in [0.1, 0.15) is 27.0 Å². The van der Waals surface area contributed by atoms with Crippen molar-refractivity contribution in [2.24, 2.45) is 0 Å². The largest absolute Gasteiger partial charge is 0.496 e. The molecule has 1 heterocycles. The fourth-order valence-electron chi connectivity index (χ4n) is 2.80. The second-order valence-corrected chi connectivity index (χ2v) is 6.55. The van der Waals surface area contributed by atoms with Crippen molar-refractivity contribution in [2.75, 3.05) is 24.3 Å². The van der Waals surface area contributed by atoms with Gasteiger partial charge in [0.05, 0.1) is 7.11 Å². The SMILES string of the molecule is COc1ccccc1CCNc1ccc(NC(=O)c2ccc(C)c(C)c2)nn1. The molecule has 28 heavy (non-hydrogen) atoms. The number of nitrogens with zero attached hydrogens (tertiary/aromatic N) is 2. The minimum absolute atomic E-state index is 0.200. The normalized spacial score (nSPS) is 10.4. The zero-order valence-corrected chi connectivity index (χ0v) is 16.3. The average molecular weight is 376 g/mol. The van der Waals surface area contributed by atoms with E-state index in [2.05, 4.69) is 20.8 Å². The Kier molecular flexibility index (Phi) is 6.22. The summed E-state index contributed by atoms with van der Waals surface area (Å²) in [6.45, 7) is 4.70. The Morgan fingerprint density at radius 3 is 2.43 bits per heavy atom. The maximum Gasteiger partial charge on any atom is 0.256 e. The number of hydrogen-bond acceptors (Lipinski definition) is 5. The van der Waals surface area contributed by atoms with E-state index in [1.807, 2.05) is 50.2 Å². The van der Waals surface area contributed by atoms with Crippen LogP contribution in [0.3, 0.4) is 0 Å². The van der Waals surface area contributed by atoms with Crippen LogP contribution in [0.25, 0.3) is 0 Å². The maximum atomic E-state index is 12.3. The number of rotatable bonds is 7. The third-order valence-corrected chi connectivity index (χ3v) is 4.57. The molecule has 0 saturated heterocycles. The predicted molar refractivity (Wildman–Crippen MR) is 111 cm³/mol. The van der Waals surface area contributed by atoms with Crippen LogP contribution in [0.15, 0.2) is 54.6 Å². The molecule has 6 nitrogen and oxygen atoms in total. The Hall–Kier alpha value is -3.41. The number of aryl methyl sites for hydroxylation is 2. The van der Waals surface area contributed by atoms with E-state index in [-0.39, 0.29) is 5.91 Å². The third kappa shape index (κ3) is 4.85. The lowest BCUT2D eigenvalue weighted by atomic mass is 10.1. The van der Waals surface area contributed by atoms with Gasteiger partial charge in [-0.05, 0) is 67.3 Å². The Morgan fingerprint density at radius 1 is 0.964 bits per heavy atom. The number of carbonyl (C=O) groups is 1. The summed E-state index contributed by atoms with van der Waals surface area (Å²) < 4.78 is 5.36. The third-order valence-electron chi connectivity index (χ3n) is 4.57. The number of carbonyl (C=O) groups excluding carboxylic acids is 1. The van der Waals surface area contributed by atoms with E-state index < -0.39 is 0 Å². The second-order valence-electron chi connectivity index (χ2n) is 6.55. The molecule has 2 aromatic carbocycles. The zero-order valence-electron chi connectivity index (χ0n) is 16.3. The molecule has 0 bridgehead atoms. The fraction of sp³-hybridized carbons (Fsp3) is 0.227. The van der Waals surface area contributed by atoms with E-state index >= 15 is 0 Å². The molecule has 0 atom stereocenters. The summed E-state index contributed by atoms with van der Waals surface area (Å²) in [6.07, 6.45) is 0.803. The van der Waals surface area contributed by atoms with Gasteiger partial charge in [0.25, 0.3) is 5.91 Å². The van der Waals surface area contributed by atoms with E-state index in [0.29, 0.717) is 23.7 Å². The van der Waals surface area contributed by atoms with E-state index in [4.69, 9.17) is 4.74 Å². The van der Waals surface area contributed by atoms with Gasteiger partial charge in [-0.15, -0.1) is 10.2 Å². The molecule has 0 aliphatic heterocycles. The summed E-state index contributed by atoms with van der Waals surface area (Å²) in [4.78, 5) is 12.3. The first kappa shape index (κ1) is 19.4. The molecule has 2 N–H and O–H groups in total. The van der Waals surface area contributed by atoms with Crippen molar-refractivity contribution in [3.63, 3.8) is 0 Å². The molecule has 144 valence electrons. The van der Waals surface area contributed by atoms with Crippen LogP contribution >= 0.6 is 0 Å². The highest BCUT2D eigenvalue weighted by atomic mass is 16.5. The number of aromatic nitrogens is 2. The number of para-hydroxylation sites is 1. The van der Waals surface area contributed by atoms with E-state index in [1.165, 1.54) is 0 Å². The van der Waals surface area contributed by atoms with Gasteiger partial charge in [-0.25, -0.2) is 0 Å². The van der Waals surface area contributed by atoms with Crippen molar-refractivity contribution < 1.29 is 9.53 Å². The summed E-state index contributed by atoms with van der Waals surface area (Å²) in [5.41, 5.74) is 3.96. The number of benzene rings is 2. The number of anilines is 2. The number of nitrogens with one attached hydrogen (secondary N) is 2. The molecule has 3 aromatic rings. The molecule has 0 unspecified atom stereocenters. The van der Waals surface area contributed by atoms with Gasteiger partial charge in [0, 0.05) is 12.1 Å². The molecule has 1 aromatic heterocycles. The van der Waals surface area contributed by atoms with Crippen LogP contribution in [-0.4, -0.2) is 29.8 Å². The highest BCUT2D eigenvalue weighted by Crippen LogP contribution is 2.18. The lowest BCUT2D eigenvalue weighted by molar-refractivity contribution is 0.102. The van der Waals surface area contributed by atoms with Crippen LogP contribution in [0.2, 0.25) is 0 Å². The van der Waals surface area contributed by atoms with Crippen molar-refractivity contribution in [3.8, 4) is 5.75 Å². The number of amides is 1. The Balaban J connectivity index is 1.54. The Morgan fingerprint density at radius 2 is 1.71 bits per heavy atom. The summed E-state index contributed by atoms with van der Waals surface area (Å²) in [6, 6.07) is 17.1. The number of hydrogen-bond donors (Lipinski definition) is 2. The van der Waals surface area contributed by atoms with Crippen molar-refractivity contribution in [1.29, 1.82) is 0 Å². The maximum absolute atomic E-state index is 12.3. The van der Waals surface area contributed by atoms with Gasteiger partial charge in [0.2, 0.25) is 0 Å². The van der Waals surface area contributed by atoms with Gasteiger partial charge in [0.1, 0.15) is 11.6 Å². The molecule has 0 fully saturated rings. The minimum atomic E-state index is -0.200. The fourth-order valence-corrected chi connectivity index (χ4v) is 2.80. The second kappa shape index (κ2) is 8.99. The molecular formula is C22H24N4O2. The van der Waals surface area contributed by atoms with Gasteiger partial charge in [0.15, 0.2) is 5.82 Å². The first-order valence-corrected chi connectivity index (χ1v) is 9.15. The molecule has 0 aliphatic rings. The topological polar surface area (TPSA) is 76.1 Å². The van der Waals surface area contributed by atoms with E-state index in [1.54, 1.807) is 25.3 Å². The van der Waals surface area contributed by atoms with Gasteiger partial charge < -0.3 is 15.4 Å². The molecule has 0 spiro atoms. The molecular weight excluding hydrogens is 352 g/mol. The van der Waals surface area contributed by atoms with Crippen molar-refractivity contribution in [2.45, 2.75) is 20.3 Å². The van der Waals surface area contributed by atoms with E-state index in [9.17, 15) is 4.79 Å². The van der Waals surface area contributed by atoms with Crippen LogP contribution in [0.4, 0.5) is 11.6 Å². The number of methoxy groups -OCH3 is 1. The first-order chi connectivity index (χ1) is 13.6. The van der Waals surface area contributed by atoms with Gasteiger partial charge >= 0.3 is 0 Å². The highest BCUT2D eigenvalue weighted by Gasteiger charge is 2.08. The lowest BCUT2D eigenvalue weighted by Crippen LogP contribution is -2.14. The quantitative estimate of drug-likeness (QED) is 0.652. The minimum Gasteiger partial charge on any atom is -0.496 e. The molecule has 0 radical (unpaired) electrons. The summed E-state index contributed by atoms with van der Waals surface area (Å²) in [5.74, 6) is 1.74. The standard InChI is InChI=1S/C22H24N4O2/c1-15-8-9-18(14-16(15)2)22(27)24-21-11-10-20(25-26-21)23-13-12-17-6-4-5-7-19(17)28-3/h4-11,14H,12-13H2,1-3H3,(H,23,25)(H,24,26,27). The van der Waals surface area contributed by atoms with Crippen molar-refractivity contribution >= 4 is 17.5 Å². The van der Waals surface area contributed by atoms with Crippen molar-refractivity contribution in [3.05, 3.63) is 76.9 Å². The van der Waals surface area contributed by atoms with Gasteiger partial charge in [-0.3, -0.25) is 4.79 Å². The first-order valence-electron chi connectivity index (χ1n) is 9.15. The predicted octanol–water partition coefficient (Wildman–Crippen LogP) is 4.01. The van der Waals surface area contributed by atoms with Crippen LogP contribution in [-0.2, 0) is 6.42 Å². The smallest absolute Gasteiger partial charge is 0.256 e. The highest BCUT2D eigenvalue weighted by molar-refractivity contribution is 6.03. The Labute approximate surface area is 165 Å². The molecule has 1 amide bonds. The summed E-state index contributed by atoms with van der Waals surface area (Å²) >= 11 is 0. The van der Waals surface area contributed by atoms with Crippen molar-refractivity contribution in [1.82, 2.24) is 10.2 Å². The number of ether oxygens (including phenoxy) is 1. The van der Waals surface area contributed by atoms with Crippen LogP contribution in [0, 0.1) is 13.8 Å². The van der Waals surface area contributed by atoms with Crippen LogP contribution in [0.5, 0.6) is 5.75 Å². The molecule has 6 heteroatoms.